The van der Waals surface area contributed by atoms with Gasteiger partial charge in [0.2, 0.25) is 0 Å². The van der Waals surface area contributed by atoms with Crippen molar-refractivity contribution < 1.29 is 4.39 Å². The number of thioether (sulfide) groups is 1. The van der Waals surface area contributed by atoms with Gasteiger partial charge in [-0.3, -0.25) is 0 Å². The van der Waals surface area contributed by atoms with E-state index >= 15 is 0 Å². The molecule has 0 amide bonds. The van der Waals surface area contributed by atoms with E-state index in [-0.39, 0.29) is 11.9 Å². The molecule has 3 heteroatoms. The van der Waals surface area contributed by atoms with E-state index in [1.165, 1.54) is 17.2 Å². The smallest absolute Gasteiger partial charge is 0.129 e. The summed E-state index contributed by atoms with van der Waals surface area (Å²) < 4.78 is 13.8. The minimum absolute atomic E-state index is 0.218. The number of hydrogen-bond acceptors (Lipinski definition) is 2. The number of aryl methyl sites for hydroxylation is 1. The first-order valence-corrected chi connectivity index (χ1v) is 7.29. The zero-order chi connectivity index (χ0) is 13.8. The molecule has 0 aliphatic carbocycles. The number of hydrogen-bond donors (Lipinski definition) is 1. The first kappa shape index (κ1) is 14.1. The van der Waals surface area contributed by atoms with E-state index < -0.39 is 0 Å². The van der Waals surface area contributed by atoms with Gasteiger partial charge < -0.3 is 5.73 Å². The largest absolute Gasteiger partial charge is 0.324 e. The van der Waals surface area contributed by atoms with Crippen LogP contribution in [-0.4, -0.2) is 0 Å². The number of benzene rings is 2. The summed E-state index contributed by atoms with van der Waals surface area (Å²) in [5.74, 6) is 0.611. The van der Waals surface area contributed by atoms with E-state index in [1.54, 1.807) is 17.8 Å². The van der Waals surface area contributed by atoms with Crippen molar-refractivity contribution in [2.24, 2.45) is 5.73 Å². The molecule has 2 rings (SSSR count). The van der Waals surface area contributed by atoms with Gasteiger partial charge in [-0.15, -0.1) is 11.8 Å². The lowest BCUT2D eigenvalue weighted by Gasteiger charge is -2.13. The zero-order valence-electron chi connectivity index (χ0n) is 11.2. The van der Waals surface area contributed by atoms with Gasteiger partial charge in [0.1, 0.15) is 5.82 Å². The highest BCUT2D eigenvalue weighted by Crippen LogP contribution is 2.31. The molecule has 0 saturated carbocycles. The summed E-state index contributed by atoms with van der Waals surface area (Å²) in [5.41, 5.74) is 9.00. The monoisotopic (exact) mass is 275 g/mol. The first-order valence-electron chi connectivity index (χ1n) is 6.31. The van der Waals surface area contributed by atoms with Crippen molar-refractivity contribution in [2.75, 3.05) is 0 Å². The number of rotatable bonds is 4. The summed E-state index contributed by atoms with van der Waals surface area (Å²) in [7, 11) is 0. The maximum Gasteiger partial charge on any atom is 0.129 e. The average molecular weight is 275 g/mol. The molecule has 0 unspecified atom stereocenters. The van der Waals surface area contributed by atoms with Crippen LogP contribution in [0, 0.1) is 12.7 Å². The summed E-state index contributed by atoms with van der Waals surface area (Å²) in [6.45, 7) is 3.91. The van der Waals surface area contributed by atoms with Crippen molar-refractivity contribution in [3.8, 4) is 0 Å². The first-order chi connectivity index (χ1) is 9.09. The molecule has 0 aliphatic heterocycles. The van der Waals surface area contributed by atoms with Gasteiger partial charge in [0.05, 0.1) is 0 Å². The molecular formula is C16H18FNS. The molecule has 100 valence electrons. The molecule has 0 spiro atoms. The lowest BCUT2D eigenvalue weighted by Crippen LogP contribution is -2.09. The Kier molecular flexibility index (Phi) is 4.61. The van der Waals surface area contributed by atoms with E-state index in [1.807, 2.05) is 25.1 Å². The molecule has 0 heterocycles. The SMILES string of the molecule is Cc1ccccc1CSc1cccc(F)c1[C@H](C)N. The van der Waals surface area contributed by atoms with Gasteiger partial charge in [-0.1, -0.05) is 30.3 Å². The van der Waals surface area contributed by atoms with Crippen LogP contribution in [0.5, 0.6) is 0 Å². The number of nitrogens with two attached hydrogens (primary N) is 1. The normalized spacial score (nSPS) is 12.4. The van der Waals surface area contributed by atoms with E-state index in [0.717, 1.165) is 10.6 Å². The Morgan fingerprint density at radius 1 is 1.16 bits per heavy atom. The van der Waals surface area contributed by atoms with Crippen LogP contribution in [0.1, 0.15) is 29.7 Å². The van der Waals surface area contributed by atoms with Crippen LogP contribution in [0.2, 0.25) is 0 Å². The van der Waals surface area contributed by atoms with Crippen LogP contribution in [0.3, 0.4) is 0 Å². The van der Waals surface area contributed by atoms with Crippen molar-refractivity contribution in [3.63, 3.8) is 0 Å². The maximum absolute atomic E-state index is 13.8. The third-order valence-electron chi connectivity index (χ3n) is 3.11. The fraction of sp³-hybridized carbons (Fsp3) is 0.250. The predicted octanol–water partition coefficient (Wildman–Crippen LogP) is 4.45. The minimum Gasteiger partial charge on any atom is -0.324 e. The van der Waals surface area contributed by atoms with Gasteiger partial charge in [0.15, 0.2) is 0 Å². The summed E-state index contributed by atoms with van der Waals surface area (Å²) >= 11 is 1.64. The van der Waals surface area contributed by atoms with Crippen LogP contribution >= 0.6 is 11.8 Å². The quantitative estimate of drug-likeness (QED) is 0.834. The van der Waals surface area contributed by atoms with Crippen LogP contribution in [0.25, 0.3) is 0 Å². The lowest BCUT2D eigenvalue weighted by molar-refractivity contribution is 0.585. The third kappa shape index (κ3) is 3.37. The predicted molar refractivity (Wildman–Crippen MR) is 79.7 cm³/mol. The second kappa shape index (κ2) is 6.22. The molecule has 1 nitrogen and oxygen atoms in total. The molecule has 0 aromatic heterocycles. The highest BCUT2D eigenvalue weighted by Gasteiger charge is 2.13. The van der Waals surface area contributed by atoms with Crippen LogP contribution < -0.4 is 5.73 Å². The van der Waals surface area contributed by atoms with Crippen molar-refractivity contribution in [3.05, 3.63) is 65.0 Å². The molecule has 2 N–H and O–H groups in total. The summed E-state index contributed by atoms with van der Waals surface area (Å²) in [4.78, 5) is 0.929. The van der Waals surface area contributed by atoms with Crippen LogP contribution in [0.15, 0.2) is 47.4 Å². The van der Waals surface area contributed by atoms with Crippen molar-refractivity contribution >= 4 is 11.8 Å². The van der Waals surface area contributed by atoms with E-state index in [9.17, 15) is 4.39 Å². The fourth-order valence-corrected chi connectivity index (χ4v) is 3.26. The summed E-state index contributed by atoms with van der Waals surface area (Å²) in [5, 5.41) is 0. The van der Waals surface area contributed by atoms with Gasteiger partial charge in [0, 0.05) is 22.3 Å². The molecule has 0 bridgehead atoms. The molecule has 0 aliphatic rings. The Bertz CT molecular complexity index is 566. The van der Waals surface area contributed by atoms with E-state index in [0.29, 0.717) is 5.56 Å². The van der Waals surface area contributed by atoms with Gasteiger partial charge in [-0.2, -0.15) is 0 Å². The Labute approximate surface area is 118 Å². The van der Waals surface area contributed by atoms with Crippen molar-refractivity contribution in [1.29, 1.82) is 0 Å². The summed E-state index contributed by atoms with van der Waals surface area (Å²) in [6.07, 6.45) is 0. The molecule has 0 fully saturated rings. The third-order valence-corrected chi connectivity index (χ3v) is 4.24. The standard InChI is InChI=1S/C16H18FNS/c1-11-6-3-4-7-13(11)10-19-15-9-5-8-14(17)16(15)12(2)18/h3-9,12H,10,18H2,1-2H3/t12-/m0/s1. The van der Waals surface area contributed by atoms with Crippen LogP contribution in [0.4, 0.5) is 4.39 Å². The molecule has 2 aromatic carbocycles. The van der Waals surface area contributed by atoms with Crippen LogP contribution in [-0.2, 0) is 5.75 Å². The molecule has 19 heavy (non-hydrogen) atoms. The number of halogens is 1. The van der Waals surface area contributed by atoms with Gasteiger partial charge >= 0.3 is 0 Å². The highest BCUT2D eigenvalue weighted by molar-refractivity contribution is 7.98. The van der Waals surface area contributed by atoms with Gasteiger partial charge in [0.25, 0.3) is 0 Å². The second-order valence-corrected chi connectivity index (χ2v) is 5.67. The Balaban J connectivity index is 2.21. The average Bonchev–Trinajstić information content (AvgIpc) is 2.37. The Hall–Kier alpha value is -1.32. The van der Waals surface area contributed by atoms with Gasteiger partial charge in [-0.05, 0) is 37.1 Å². The second-order valence-electron chi connectivity index (χ2n) is 4.66. The minimum atomic E-state index is -0.291. The molecule has 2 aromatic rings. The topological polar surface area (TPSA) is 26.0 Å². The highest BCUT2D eigenvalue weighted by atomic mass is 32.2. The molecule has 0 saturated heterocycles. The molecular weight excluding hydrogens is 257 g/mol. The molecule has 1 atom stereocenters. The van der Waals surface area contributed by atoms with E-state index in [4.69, 9.17) is 5.73 Å². The lowest BCUT2D eigenvalue weighted by atomic mass is 10.1. The Morgan fingerprint density at radius 3 is 2.58 bits per heavy atom. The van der Waals surface area contributed by atoms with Crippen molar-refractivity contribution in [1.82, 2.24) is 0 Å². The molecule has 0 radical (unpaired) electrons. The van der Waals surface area contributed by atoms with Gasteiger partial charge in [-0.25, -0.2) is 4.39 Å². The maximum atomic E-state index is 13.8. The van der Waals surface area contributed by atoms with E-state index in [2.05, 4.69) is 19.1 Å². The van der Waals surface area contributed by atoms with Crippen molar-refractivity contribution in [2.45, 2.75) is 30.5 Å². The summed E-state index contributed by atoms with van der Waals surface area (Å²) in [6, 6.07) is 13.1. The Morgan fingerprint density at radius 2 is 1.89 bits per heavy atom. The fourth-order valence-electron chi connectivity index (χ4n) is 2.01. The zero-order valence-corrected chi connectivity index (χ0v) is 12.0.